The Labute approximate surface area is 111 Å². The molecule has 0 atom stereocenters. The number of nitrogens with two attached hydrogens (primary N) is 1. The Hall–Kier alpha value is -0.0400. The normalized spacial score (nSPS) is 11.7. The fourth-order valence-electron chi connectivity index (χ4n) is 0.949. The molecule has 4 nitrogen and oxygen atoms in total. The first-order chi connectivity index (χ1) is 6.52. The molecule has 0 aromatic rings. The molecule has 0 saturated heterocycles. The van der Waals surface area contributed by atoms with Crippen molar-refractivity contribution >= 4 is 29.9 Å². The standard InChI is InChI=1S/C10H24N4.HI/c1-9(2)8-13-10(11)12-6-5-7-14(3)4;/h9H,5-8H2,1-4H3,(H3,11,12,13);1H. The highest BCUT2D eigenvalue weighted by molar-refractivity contribution is 14.0. The second kappa shape index (κ2) is 10.5. The van der Waals surface area contributed by atoms with Crippen LogP contribution in [0.15, 0.2) is 4.99 Å². The van der Waals surface area contributed by atoms with Crippen LogP contribution in [0, 0.1) is 5.92 Å². The van der Waals surface area contributed by atoms with Gasteiger partial charge < -0.3 is 16.0 Å². The molecule has 0 bridgehead atoms. The molecular formula is C10H25IN4. The Kier molecular flexibility index (Phi) is 12.1. The van der Waals surface area contributed by atoms with E-state index in [1.165, 1.54) is 0 Å². The Bertz CT molecular complexity index is 169. The maximum Gasteiger partial charge on any atom is 0.188 e. The first-order valence-corrected chi connectivity index (χ1v) is 5.21. The molecule has 0 unspecified atom stereocenters. The van der Waals surface area contributed by atoms with E-state index in [-0.39, 0.29) is 24.0 Å². The zero-order valence-corrected chi connectivity index (χ0v) is 12.6. The summed E-state index contributed by atoms with van der Waals surface area (Å²) >= 11 is 0. The largest absolute Gasteiger partial charge is 0.370 e. The lowest BCUT2D eigenvalue weighted by molar-refractivity contribution is 0.400. The van der Waals surface area contributed by atoms with Crippen molar-refractivity contribution in [2.24, 2.45) is 16.6 Å². The number of hydrogen-bond acceptors (Lipinski definition) is 2. The van der Waals surface area contributed by atoms with Crippen molar-refractivity contribution in [2.75, 3.05) is 33.7 Å². The summed E-state index contributed by atoms with van der Waals surface area (Å²) < 4.78 is 0. The molecule has 0 rings (SSSR count). The van der Waals surface area contributed by atoms with Gasteiger partial charge in [-0.2, -0.15) is 0 Å². The van der Waals surface area contributed by atoms with Gasteiger partial charge in [0.05, 0.1) is 0 Å². The molecule has 0 aliphatic heterocycles. The number of hydrogen-bond donors (Lipinski definition) is 2. The molecule has 0 aromatic carbocycles. The van der Waals surface area contributed by atoms with Crippen LogP contribution in [-0.2, 0) is 0 Å². The van der Waals surface area contributed by atoms with Gasteiger partial charge in [0.2, 0.25) is 0 Å². The molecule has 0 saturated carbocycles. The first kappa shape index (κ1) is 17.4. The minimum Gasteiger partial charge on any atom is -0.370 e. The van der Waals surface area contributed by atoms with Gasteiger partial charge >= 0.3 is 0 Å². The molecule has 92 valence electrons. The zero-order chi connectivity index (χ0) is 11.0. The molecular weight excluding hydrogens is 303 g/mol. The molecule has 15 heavy (non-hydrogen) atoms. The number of nitrogens with one attached hydrogen (secondary N) is 1. The van der Waals surface area contributed by atoms with Crippen molar-refractivity contribution in [3.8, 4) is 0 Å². The monoisotopic (exact) mass is 328 g/mol. The molecule has 0 aliphatic rings. The molecule has 0 heterocycles. The van der Waals surface area contributed by atoms with Gasteiger partial charge in [-0.05, 0) is 33.0 Å². The molecule has 0 radical (unpaired) electrons. The third-order valence-corrected chi connectivity index (χ3v) is 1.72. The second-order valence-electron chi connectivity index (χ2n) is 4.20. The Morgan fingerprint density at radius 1 is 1.40 bits per heavy atom. The van der Waals surface area contributed by atoms with Crippen LogP contribution in [0.3, 0.4) is 0 Å². The minimum atomic E-state index is 0. The third kappa shape index (κ3) is 14.0. The first-order valence-electron chi connectivity index (χ1n) is 5.21. The van der Waals surface area contributed by atoms with E-state index in [0.717, 1.165) is 26.1 Å². The summed E-state index contributed by atoms with van der Waals surface area (Å²) in [7, 11) is 4.13. The molecule has 5 heteroatoms. The highest BCUT2D eigenvalue weighted by atomic mass is 127. The van der Waals surface area contributed by atoms with Gasteiger partial charge in [0.25, 0.3) is 0 Å². The zero-order valence-electron chi connectivity index (χ0n) is 10.3. The van der Waals surface area contributed by atoms with Crippen LogP contribution in [0.2, 0.25) is 0 Å². The van der Waals surface area contributed by atoms with E-state index in [1.807, 2.05) is 0 Å². The summed E-state index contributed by atoms with van der Waals surface area (Å²) in [6.45, 7) is 7.02. The van der Waals surface area contributed by atoms with Crippen LogP contribution in [0.4, 0.5) is 0 Å². The van der Waals surface area contributed by atoms with Gasteiger partial charge in [0.1, 0.15) is 0 Å². The summed E-state index contributed by atoms with van der Waals surface area (Å²) in [5.74, 6) is 1.13. The fraction of sp³-hybridized carbons (Fsp3) is 0.900. The van der Waals surface area contributed by atoms with Crippen LogP contribution in [0.1, 0.15) is 20.3 Å². The minimum absolute atomic E-state index is 0. The van der Waals surface area contributed by atoms with Crippen molar-refractivity contribution in [3.05, 3.63) is 0 Å². The van der Waals surface area contributed by atoms with Gasteiger partial charge in [0.15, 0.2) is 5.96 Å². The maximum atomic E-state index is 5.66. The number of aliphatic imine (C=N–C) groups is 1. The van der Waals surface area contributed by atoms with E-state index in [1.54, 1.807) is 0 Å². The summed E-state index contributed by atoms with van der Waals surface area (Å²) in [5.41, 5.74) is 5.66. The smallest absolute Gasteiger partial charge is 0.188 e. The predicted octanol–water partition coefficient (Wildman–Crippen LogP) is 1.12. The van der Waals surface area contributed by atoms with Crippen molar-refractivity contribution in [2.45, 2.75) is 20.3 Å². The van der Waals surface area contributed by atoms with Gasteiger partial charge in [-0.3, -0.25) is 4.99 Å². The van der Waals surface area contributed by atoms with E-state index < -0.39 is 0 Å². The highest BCUT2D eigenvalue weighted by Crippen LogP contribution is 1.90. The van der Waals surface area contributed by atoms with Gasteiger partial charge in [0, 0.05) is 13.1 Å². The number of rotatable bonds is 6. The molecule has 0 spiro atoms. The SMILES string of the molecule is CC(C)CN=C(N)NCCCN(C)C.I. The van der Waals surface area contributed by atoms with Crippen molar-refractivity contribution in [1.82, 2.24) is 10.2 Å². The summed E-state index contributed by atoms with van der Waals surface area (Å²) in [5, 5.41) is 3.09. The average Bonchev–Trinajstić information content (AvgIpc) is 2.08. The van der Waals surface area contributed by atoms with Crippen LogP contribution < -0.4 is 11.1 Å². The quantitative estimate of drug-likeness (QED) is 0.332. The number of nitrogens with zero attached hydrogens (tertiary/aromatic N) is 2. The number of guanidine groups is 1. The van der Waals surface area contributed by atoms with E-state index in [0.29, 0.717) is 11.9 Å². The fourth-order valence-corrected chi connectivity index (χ4v) is 0.949. The lowest BCUT2D eigenvalue weighted by Gasteiger charge is -2.10. The van der Waals surface area contributed by atoms with Crippen molar-refractivity contribution in [3.63, 3.8) is 0 Å². The summed E-state index contributed by atoms with van der Waals surface area (Å²) in [6.07, 6.45) is 1.09. The Morgan fingerprint density at radius 2 is 2.00 bits per heavy atom. The van der Waals surface area contributed by atoms with E-state index in [2.05, 4.69) is 43.2 Å². The topological polar surface area (TPSA) is 53.6 Å². The van der Waals surface area contributed by atoms with Crippen molar-refractivity contribution < 1.29 is 0 Å². The van der Waals surface area contributed by atoms with Crippen LogP contribution in [-0.4, -0.2) is 44.6 Å². The van der Waals surface area contributed by atoms with Crippen LogP contribution in [0.5, 0.6) is 0 Å². The van der Waals surface area contributed by atoms with Gasteiger partial charge in [-0.25, -0.2) is 0 Å². The number of halogens is 1. The molecule has 0 aliphatic carbocycles. The average molecular weight is 328 g/mol. The Balaban J connectivity index is 0. The van der Waals surface area contributed by atoms with Gasteiger partial charge in [-0.1, -0.05) is 13.8 Å². The summed E-state index contributed by atoms with van der Waals surface area (Å²) in [6, 6.07) is 0. The second-order valence-corrected chi connectivity index (χ2v) is 4.20. The van der Waals surface area contributed by atoms with E-state index in [4.69, 9.17) is 5.73 Å². The Morgan fingerprint density at radius 3 is 2.47 bits per heavy atom. The van der Waals surface area contributed by atoms with Crippen molar-refractivity contribution in [1.29, 1.82) is 0 Å². The lowest BCUT2D eigenvalue weighted by atomic mass is 10.2. The molecule has 0 amide bonds. The maximum absolute atomic E-state index is 5.66. The molecule has 3 N–H and O–H groups in total. The van der Waals surface area contributed by atoms with Crippen LogP contribution >= 0.6 is 24.0 Å². The van der Waals surface area contributed by atoms with Crippen LogP contribution in [0.25, 0.3) is 0 Å². The van der Waals surface area contributed by atoms with Gasteiger partial charge in [-0.15, -0.1) is 24.0 Å². The van der Waals surface area contributed by atoms with E-state index in [9.17, 15) is 0 Å². The predicted molar refractivity (Wildman–Crippen MR) is 77.9 cm³/mol. The van der Waals surface area contributed by atoms with E-state index >= 15 is 0 Å². The third-order valence-electron chi connectivity index (χ3n) is 1.72. The molecule has 0 fully saturated rings. The summed E-state index contributed by atoms with van der Waals surface area (Å²) in [4.78, 5) is 6.37. The lowest BCUT2D eigenvalue weighted by Crippen LogP contribution is -2.34. The highest BCUT2D eigenvalue weighted by Gasteiger charge is 1.94. The molecule has 0 aromatic heterocycles.